The van der Waals surface area contributed by atoms with Gasteiger partial charge in [0.25, 0.3) is 0 Å². The highest BCUT2D eigenvalue weighted by Gasteiger charge is 2.24. The predicted octanol–water partition coefficient (Wildman–Crippen LogP) is 3.61. The number of halogens is 2. The molecule has 1 unspecified atom stereocenters. The van der Waals surface area contributed by atoms with E-state index >= 15 is 0 Å². The van der Waals surface area contributed by atoms with Crippen LogP contribution in [0.3, 0.4) is 0 Å². The Bertz CT molecular complexity index is 626. The molecule has 0 amide bonds. The van der Waals surface area contributed by atoms with Crippen LogP contribution < -0.4 is 10.6 Å². The van der Waals surface area contributed by atoms with E-state index in [-0.39, 0.29) is 30.0 Å². The molecule has 2 aliphatic rings. The maximum Gasteiger partial charge on any atom is 0.191 e. The minimum absolute atomic E-state index is 0. The third kappa shape index (κ3) is 6.62. The lowest BCUT2D eigenvalue weighted by Gasteiger charge is -2.34. The lowest BCUT2D eigenvalue weighted by molar-refractivity contribution is 0.0180. The van der Waals surface area contributed by atoms with Crippen LogP contribution in [0.2, 0.25) is 5.02 Å². The summed E-state index contributed by atoms with van der Waals surface area (Å²) in [6, 6.07) is 8.69. The highest BCUT2D eigenvalue weighted by atomic mass is 127. The Morgan fingerprint density at radius 3 is 2.63 bits per heavy atom. The molecular weight excluding hydrogens is 475 g/mol. The summed E-state index contributed by atoms with van der Waals surface area (Å²) in [5, 5.41) is 7.71. The van der Waals surface area contributed by atoms with Gasteiger partial charge in [-0.3, -0.25) is 9.89 Å². The monoisotopic (exact) mass is 504 g/mol. The molecule has 5 nitrogen and oxygen atoms in total. The minimum atomic E-state index is 0. The fourth-order valence-corrected chi connectivity index (χ4v) is 3.73. The molecule has 0 bridgehead atoms. The number of hydrogen-bond donors (Lipinski definition) is 2. The third-order valence-corrected chi connectivity index (χ3v) is 5.21. The molecule has 0 radical (unpaired) electrons. The van der Waals surface area contributed by atoms with Crippen molar-refractivity contribution in [3.63, 3.8) is 0 Å². The van der Waals surface area contributed by atoms with Gasteiger partial charge in [-0.05, 0) is 31.4 Å². The molecule has 150 valence electrons. The Hall–Kier alpha value is -0.830. The van der Waals surface area contributed by atoms with Gasteiger partial charge in [-0.25, -0.2) is 0 Å². The fraction of sp³-hybridized carbons (Fsp3) is 0.550. The fourth-order valence-electron chi connectivity index (χ4n) is 3.47. The van der Waals surface area contributed by atoms with Gasteiger partial charge in [0.15, 0.2) is 5.96 Å². The van der Waals surface area contributed by atoms with Gasteiger partial charge < -0.3 is 15.4 Å². The Morgan fingerprint density at radius 2 is 1.96 bits per heavy atom. The number of nitrogens with one attached hydrogen (secondary N) is 2. The van der Waals surface area contributed by atoms with Crippen molar-refractivity contribution in [2.24, 2.45) is 4.99 Å². The van der Waals surface area contributed by atoms with Crippen molar-refractivity contribution in [3.05, 3.63) is 47.0 Å². The molecule has 1 saturated heterocycles. The van der Waals surface area contributed by atoms with Gasteiger partial charge in [-0.15, -0.1) is 24.0 Å². The highest BCUT2D eigenvalue weighted by molar-refractivity contribution is 14.0. The molecule has 1 heterocycles. The van der Waals surface area contributed by atoms with E-state index < -0.39 is 0 Å². The van der Waals surface area contributed by atoms with E-state index in [4.69, 9.17) is 21.3 Å². The van der Waals surface area contributed by atoms with Crippen molar-refractivity contribution in [2.45, 2.75) is 31.8 Å². The zero-order valence-electron chi connectivity index (χ0n) is 15.9. The predicted molar refractivity (Wildman–Crippen MR) is 123 cm³/mol. The van der Waals surface area contributed by atoms with E-state index in [1.807, 2.05) is 18.2 Å². The van der Waals surface area contributed by atoms with Gasteiger partial charge >= 0.3 is 0 Å². The molecule has 1 aromatic carbocycles. The van der Waals surface area contributed by atoms with E-state index in [9.17, 15) is 0 Å². The molecule has 1 aliphatic heterocycles. The number of benzene rings is 1. The Morgan fingerprint density at radius 1 is 1.26 bits per heavy atom. The maximum atomic E-state index is 6.51. The van der Waals surface area contributed by atoms with Crippen LogP contribution in [0, 0.1) is 0 Å². The van der Waals surface area contributed by atoms with Gasteiger partial charge in [-0.2, -0.15) is 0 Å². The second kappa shape index (κ2) is 11.9. The average Bonchev–Trinajstić information content (AvgIpc) is 3.17. The van der Waals surface area contributed by atoms with Crippen molar-refractivity contribution in [2.75, 3.05) is 39.4 Å². The van der Waals surface area contributed by atoms with Crippen LogP contribution in [0.1, 0.15) is 31.4 Å². The summed E-state index contributed by atoms with van der Waals surface area (Å²) in [7, 11) is 0. The number of aliphatic imine (C=N–C) groups is 1. The van der Waals surface area contributed by atoms with Crippen LogP contribution in [0.15, 0.2) is 41.4 Å². The summed E-state index contributed by atoms with van der Waals surface area (Å²) < 4.78 is 5.53. The maximum absolute atomic E-state index is 6.51. The van der Waals surface area contributed by atoms with Crippen LogP contribution in [0.4, 0.5) is 0 Å². The quantitative estimate of drug-likeness (QED) is 0.269. The number of nitrogens with zero attached hydrogens (tertiary/aromatic N) is 2. The van der Waals surface area contributed by atoms with Crippen molar-refractivity contribution in [1.82, 2.24) is 15.5 Å². The van der Waals surface area contributed by atoms with E-state index in [1.165, 1.54) is 0 Å². The van der Waals surface area contributed by atoms with E-state index in [0.29, 0.717) is 12.6 Å². The summed E-state index contributed by atoms with van der Waals surface area (Å²) in [5.41, 5.74) is 1.14. The first kappa shape index (κ1) is 22.5. The summed E-state index contributed by atoms with van der Waals surface area (Å²) in [6.07, 6.45) is 6.56. The van der Waals surface area contributed by atoms with Gasteiger partial charge in [0, 0.05) is 30.7 Å². The molecule has 1 aromatic rings. The molecule has 0 saturated carbocycles. The van der Waals surface area contributed by atoms with E-state index in [2.05, 4.69) is 40.7 Å². The van der Waals surface area contributed by atoms with Gasteiger partial charge in [0.1, 0.15) is 0 Å². The Labute approximate surface area is 184 Å². The van der Waals surface area contributed by atoms with E-state index in [1.54, 1.807) is 0 Å². The summed E-state index contributed by atoms with van der Waals surface area (Å²) in [4.78, 5) is 7.32. The molecule has 2 N–H and O–H groups in total. The van der Waals surface area contributed by atoms with Gasteiger partial charge in [0.05, 0.1) is 25.8 Å². The SMILES string of the molecule is CCNC(=NCC(c1ccccc1Cl)N1CCOCC1)NC1CC=CC1.I. The van der Waals surface area contributed by atoms with Crippen LogP contribution >= 0.6 is 35.6 Å². The smallest absolute Gasteiger partial charge is 0.191 e. The topological polar surface area (TPSA) is 48.9 Å². The molecular formula is C20H30ClIN4O. The largest absolute Gasteiger partial charge is 0.379 e. The molecule has 3 rings (SSSR count). The van der Waals surface area contributed by atoms with Crippen molar-refractivity contribution in [1.29, 1.82) is 0 Å². The molecule has 0 spiro atoms. The summed E-state index contributed by atoms with van der Waals surface area (Å²) >= 11 is 6.51. The summed E-state index contributed by atoms with van der Waals surface area (Å²) in [5.74, 6) is 0.881. The molecule has 7 heteroatoms. The molecule has 0 aromatic heterocycles. The summed E-state index contributed by atoms with van der Waals surface area (Å²) in [6.45, 7) is 6.94. The Kier molecular flexibility index (Phi) is 9.89. The number of guanidine groups is 1. The number of rotatable bonds is 6. The first-order valence-electron chi connectivity index (χ1n) is 9.54. The number of morpholine rings is 1. The molecule has 27 heavy (non-hydrogen) atoms. The molecule has 1 fully saturated rings. The lowest BCUT2D eigenvalue weighted by Crippen LogP contribution is -2.44. The van der Waals surface area contributed by atoms with Crippen molar-refractivity contribution in [3.8, 4) is 0 Å². The Balaban J connectivity index is 0.00000261. The number of ether oxygens (including phenoxy) is 1. The molecule has 1 aliphatic carbocycles. The zero-order valence-corrected chi connectivity index (χ0v) is 19.0. The lowest BCUT2D eigenvalue weighted by atomic mass is 10.0. The van der Waals surface area contributed by atoms with Crippen LogP contribution in [-0.2, 0) is 4.74 Å². The zero-order chi connectivity index (χ0) is 18.2. The van der Waals surface area contributed by atoms with Crippen molar-refractivity contribution >= 4 is 41.5 Å². The van der Waals surface area contributed by atoms with Crippen LogP contribution in [0.25, 0.3) is 0 Å². The standard InChI is InChI=1S/C20H29ClN4O.HI/c1-2-22-20(24-16-7-3-4-8-16)23-15-19(25-11-13-26-14-12-25)17-9-5-6-10-18(17)21;/h3-6,9-10,16,19H,2,7-8,11-15H2,1H3,(H2,22,23,24);1H. The van der Waals surface area contributed by atoms with Crippen LogP contribution in [-0.4, -0.2) is 56.3 Å². The minimum Gasteiger partial charge on any atom is -0.379 e. The van der Waals surface area contributed by atoms with Crippen LogP contribution in [0.5, 0.6) is 0 Å². The first-order valence-corrected chi connectivity index (χ1v) is 9.91. The number of hydrogen-bond acceptors (Lipinski definition) is 3. The average molecular weight is 505 g/mol. The van der Waals surface area contributed by atoms with Crippen molar-refractivity contribution < 1.29 is 4.74 Å². The van der Waals surface area contributed by atoms with E-state index in [0.717, 1.165) is 62.2 Å². The second-order valence-electron chi connectivity index (χ2n) is 6.69. The first-order chi connectivity index (χ1) is 12.8. The third-order valence-electron chi connectivity index (χ3n) is 4.87. The van der Waals surface area contributed by atoms with Gasteiger partial charge in [-0.1, -0.05) is 42.0 Å². The highest BCUT2D eigenvalue weighted by Crippen LogP contribution is 2.28. The van der Waals surface area contributed by atoms with Gasteiger partial charge in [0.2, 0.25) is 0 Å². The molecule has 1 atom stereocenters. The second-order valence-corrected chi connectivity index (χ2v) is 7.10. The normalized spacial score (nSPS) is 19.6.